The van der Waals surface area contributed by atoms with Crippen molar-refractivity contribution < 1.29 is 9.90 Å². The number of aliphatic imine (C=N–C) groups is 1. The molecule has 0 spiro atoms. The van der Waals surface area contributed by atoms with Gasteiger partial charge in [-0.3, -0.25) is 14.4 Å². The van der Waals surface area contributed by atoms with Gasteiger partial charge in [0.15, 0.2) is 5.82 Å². The maximum Gasteiger partial charge on any atom is 0.311 e. The number of nitrogens with zero attached hydrogens (tertiary/aromatic N) is 4. The van der Waals surface area contributed by atoms with Crippen LogP contribution in [0.3, 0.4) is 0 Å². The van der Waals surface area contributed by atoms with Crippen molar-refractivity contribution >= 4 is 34.6 Å². The number of fused-ring (bicyclic) bond motifs is 3. The third kappa shape index (κ3) is 2.64. The Balaban J connectivity index is 1.97. The van der Waals surface area contributed by atoms with E-state index in [2.05, 4.69) is 10.2 Å². The van der Waals surface area contributed by atoms with Gasteiger partial charge in [-0.2, -0.15) is 0 Å². The average Bonchev–Trinajstić information content (AvgIpc) is 3.16. The third-order valence-electron chi connectivity index (χ3n) is 4.39. The van der Waals surface area contributed by atoms with E-state index in [-0.39, 0.29) is 0 Å². The molecule has 4 rings (SSSR count). The number of hydrogen-bond acceptors (Lipinski definition) is 5. The van der Waals surface area contributed by atoms with Crippen molar-refractivity contribution in [2.75, 3.05) is 0 Å². The predicted molar refractivity (Wildman–Crippen MR) is 101 cm³/mol. The van der Waals surface area contributed by atoms with Gasteiger partial charge in [0.05, 0.1) is 11.6 Å². The van der Waals surface area contributed by atoms with Crippen LogP contribution >= 0.6 is 22.9 Å². The molecule has 3 heterocycles. The summed E-state index contributed by atoms with van der Waals surface area (Å²) in [6, 6.07) is 9.42. The van der Waals surface area contributed by atoms with Crippen molar-refractivity contribution in [3.05, 3.63) is 63.0 Å². The number of benzene rings is 1. The zero-order valence-electron chi connectivity index (χ0n) is 14.1. The van der Waals surface area contributed by atoms with E-state index in [4.69, 9.17) is 16.6 Å². The second kappa shape index (κ2) is 6.34. The van der Waals surface area contributed by atoms with Crippen molar-refractivity contribution in [1.29, 1.82) is 0 Å². The molecule has 1 unspecified atom stereocenters. The van der Waals surface area contributed by atoms with E-state index in [0.29, 0.717) is 11.6 Å². The summed E-state index contributed by atoms with van der Waals surface area (Å²) in [7, 11) is 0. The van der Waals surface area contributed by atoms with Gasteiger partial charge in [-0.1, -0.05) is 29.8 Å². The standard InChI is InChI=1S/C18H15ClN4O2S/c1-9(18(24)25)14-7-12-16(11-5-3-4-6-13(11)19)20-8-15-22-21-10(2)23(15)17(12)26-14/h3-7,9H,8H2,1-2H3,(H,24,25). The highest BCUT2D eigenvalue weighted by molar-refractivity contribution is 7.15. The Bertz CT molecular complexity index is 1050. The molecule has 0 saturated heterocycles. The fourth-order valence-corrected chi connectivity index (χ4v) is 4.46. The monoisotopic (exact) mass is 386 g/mol. The number of rotatable bonds is 3. The molecule has 0 fully saturated rings. The number of carboxylic acids is 1. The van der Waals surface area contributed by atoms with E-state index in [1.54, 1.807) is 6.92 Å². The van der Waals surface area contributed by atoms with Gasteiger partial charge < -0.3 is 5.11 Å². The van der Waals surface area contributed by atoms with Crippen LogP contribution in [-0.2, 0) is 11.3 Å². The molecule has 8 heteroatoms. The Hall–Kier alpha value is -2.51. The quantitative estimate of drug-likeness (QED) is 0.741. The number of halogens is 1. The summed E-state index contributed by atoms with van der Waals surface area (Å²) in [5, 5.41) is 19.3. The smallest absolute Gasteiger partial charge is 0.311 e. The topological polar surface area (TPSA) is 80.4 Å². The summed E-state index contributed by atoms with van der Waals surface area (Å²) in [6.07, 6.45) is 0. The van der Waals surface area contributed by atoms with E-state index >= 15 is 0 Å². The SMILES string of the molecule is Cc1nnc2n1-c1sc(C(C)C(=O)O)cc1C(c1ccccc1Cl)=NC2. The Morgan fingerprint density at radius 2 is 2.08 bits per heavy atom. The van der Waals surface area contributed by atoms with Crippen LogP contribution in [0.5, 0.6) is 0 Å². The Morgan fingerprint density at radius 3 is 2.81 bits per heavy atom. The van der Waals surface area contributed by atoms with Gasteiger partial charge in [-0.15, -0.1) is 21.5 Å². The van der Waals surface area contributed by atoms with Crippen molar-refractivity contribution in [2.24, 2.45) is 4.99 Å². The van der Waals surface area contributed by atoms with E-state index in [1.807, 2.05) is 41.8 Å². The van der Waals surface area contributed by atoms with Gasteiger partial charge in [0, 0.05) is 21.0 Å². The maximum absolute atomic E-state index is 11.5. The van der Waals surface area contributed by atoms with Crippen molar-refractivity contribution in [3.8, 4) is 5.00 Å². The maximum atomic E-state index is 11.5. The van der Waals surface area contributed by atoms with Crippen LogP contribution in [0, 0.1) is 6.92 Å². The van der Waals surface area contributed by atoms with E-state index in [0.717, 1.165) is 38.4 Å². The molecule has 0 saturated carbocycles. The highest BCUT2D eigenvalue weighted by Gasteiger charge is 2.28. The number of carboxylic acid groups (broad SMARTS) is 1. The number of thiophene rings is 1. The van der Waals surface area contributed by atoms with Crippen molar-refractivity contribution in [3.63, 3.8) is 0 Å². The summed E-state index contributed by atoms with van der Waals surface area (Å²) < 4.78 is 1.95. The zero-order valence-corrected chi connectivity index (χ0v) is 15.7. The number of hydrogen-bond donors (Lipinski definition) is 1. The summed E-state index contributed by atoms with van der Waals surface area (Å²) in [5.41, 5.74) is 2.42. The highest BCUT2D eigenvalue weighted by atomic mass is 35.5. The molecule has 0 radical (unpaired) electrons. The van der Waals surface area contributed by atoms with Crippen LogP contribution in [0.25, 0.3) is 5.00 Å². The first-order valence-corrected chi connectivity index (χ1v) is 9.24. The van der Waals surface area contributed by atoms with Crippen LogP contribution in [0.4, 0.5) is 0 Å². The lowest BCUT2D eigenvalue weighted by Crippen LogP contribution is -2.07. The Labute approximate surface area is 158 Å². The molecule has 1 N–H and O–H groups in total. The van der Waals surface area contributed by atoms with Gasteiger partial charge in [0.1, 0.15) is 17.4 Å². The molecule has 26 heavy (non-hydrogen) atoms. The van der Waals surface area contributed by atoms with Gasteiger partial charge >= 0.3 is 5.97 Å². The van der Waals surface area contributed by atoms with Crippen molar-refractivity contribution in [1.82, 2.24) is 14.8 Å². The minimum Gasteiger partial charge on any atom is -0.481 e. The molecule has 0 amide bonds. The van der Waals surface area contributed by atoms with Crippen LogP contribution in [0.2, 0.25) is 5.02 Å². The molecular formula is C18H15ClN4O2S. The molecule has 6 nitrogen and oxygen atoms in total. The predicted octanol–water partition coefficient (Wildman–Crippen LogP) is 3.83. The van der Waals surface area contributed by atoms with Crippen molar-refractivity contribution in [2.45, 2.75) is 26.3 Å². The normalized spacial score (nSPS) is 14.2. The molecule has 0 aliphatic carbocycles. The summed E-state index contributed by atoms with van der Waals surface area (Å²) in [5.74, 6) is -0.00609. The molecule has 1 atom stereocenters. The first kappa shape index (κ1) is 16.9. The molecule has 1 aliphatic heterocycles. The van der Waals surface area contributed by atoms with Crippen LogP contribution in [0.15, 0.2) is 35.3 Å². The first-order chi connectivity index (χ1) is 12.5. The van der Waals surface area contributed by atoms with E-state index < -0.39 is 11.9 Å². The summed E-state index contributed by atoms with van der Waals surface area (Å²) in [6.45, 7) is 3.94. The zero-order chi connectivity index (χ0) is 18.4. The third-order valence-corrected chi connectivity index (χ3v) is 6.02. The van der Waals surface area contributed by atoms with Gasteiger partial charge in [0.25, 0.3) is 0 Å². The minimum atomic E-state index is -0.863. The summed E-state index contributed by atoms with van der Waals surface area (Å²) >= 11 is 7.84. The molecule has 132 valence electrons. The lowest BCUT2D eigenvalue weighted by atomic mass is 10.0. The Kier molecular flexibility index (Phi) is 4.13. The fraction of sp³-hybridized carbons (Fsp3) is 0.222. The average molecular weight is 387 g/mol. The first-order valence-electron chi connectivity index (χ1n) is 8.05. The lowest BCUT2D eigenvalue weighted by Gasteiger charge is -2.08. The van der Waals surface area contributed by atoms with Gasteiger partial charge in [0.2, 0.25) is 0 Å². The number of aryl methyl sites for hydroxylation is 1. The molecule has 1 aliphatic rings. The number of aliphatic carboxylic acids is 1. The second-order valence-corrected chi connectivity index (χ2v) is 7.54. The van der Waals surface area contributed by atoms with Crippen LogP contribution in [0.1, 0.15) is 40.5 Å². The van der Waals surface area contributed by atoms with E-state index in [1.165, 1.54) is 11.3 Å². The van der Waals surface area contributed by atoms with Gasteiger partial charge in [-0.25, -0.2) is 0 Å². The molecule has 0 bridgehead atoms. The number of carbonyl (C=O) groups is 1. The largest absolute Gasteiger partial charge is 0.481 e. The lowest BCUT2D eigenvalue weighted by molar-refractivity contribution is -0.138. The highest BCUT2D eigenvalue weighted by Crippen LogP contribution is 2.37. The Morgan fingerprint density at radius 1 is 1.31 bits per heavy atom. The fourth-order valence-electron chi connectivity index (χ4n) is 2.96. The summed E-state index contributed by atoms with van der Waals surface area (Å²) in [4.78, 5) is 17.0. The second-order valence-electron chi connectivity index (χ2n) is 6.07. The molecule has 2 aromatic heterocycles. The molecule has 1 aromatic carbocycles. The van der Waals surface area contributed by atoms with Crippen LogP contribution < -0.4 is 0 Å². The van der Waals surface area contributed by atoms with Gasteiger partial charge in [-0.05, 0) is 26.0 Å². The number of aromatic nitrogens is 3. The molecule has 3 aromatic rings. The molecular weight excluding hydrogens is 372 g/mol. The minimum absolute atomic E-state index is 0.382. The van der Waals surface area contributed by atoms with E-state index in [9.17, 15) is 9.90 Å². The van der Waals surface area contributed by atoms with Crippen LogP contribution in [-0.4, -0.2) is 31.6 Å².